The normalized spacial score (nSPS) is 12.0. The number of ether oxygens (including phenoxy) is 2. The molecular weight excluding hydrogens is 414 g/mol. The van der Waals surface area contributed by atoms with E-state index in [2.05, 4.69) is 4.99 Å². The summed E-state index contributed by atoms with van der Waals surface area (Å²) in [5.41, 5.74) is 0.761. The second-order valence-electron chi connectivity index (χ2n) is 5.37. The topological polar surface area (TPSA) is 65.0 Å². The van der Waals surface area contributed by atoms with Gasteiger partial charge >= 0.3 is 6.08 Å². The number of thiocarbonyl (C=S) groups is 1. The first-order valence-electron chi connectivity index (χ1n) is 8.39. The third-order valence-corrected chi connectivity index (χ3v) is 7.00. The average Bonchev–Trinajstić information content (AvgIpc) is 2.72. The van der Waals surface area contributed by atoms with Crippen molar-refractivity contribution in [2.45, 2.75) is 11.8 Å². The Bertz CT molecular complexity index is 963. The van der Waals surface area contributed by atoms with Crippen molar-refractivity contribution in [1.29, 1.82) is 0 Å². The molecule has 0 amide bonds. The summed E-state index contributed by atoms with van der Waals surface area (Å²) in [6, 6.07) is 17.1. The highest BCUT2D eigenvalue weighted by Gasteiger charge is 2.29. The molecule has 8 heteroatoms. The van der Waals surface area contributed by atoms with E-state index >= 15 is 0 Å². The Morgan fingerprint density at radius 1 is 1.00 bits per heavy atom. The molecule has 0 aliphatic rings. The third-order valence-electron chi connectivity index (χ3n) is 3.60. The van der Waals surface area contributed by atoms with E-state index in [1.807, 2.05) is 13.0 Å². The van der Waals surface area contributed by atoms with E-state index in [-0.39, 0.29) is 25.8 Å². The van der Waals surface area contributed by atoms with E-state index in [0.29, 0.717) is 11.3 Å². The lowest BCUT2D eigenvalue weighted by atomic mass is 10.1. The fourth-order valence-corrected chi connectivity index (χ4v) is 5.52. The van der Waals surface area contributed by atoms with Gasteiger partial charge in [-0.3, -0.25) is 0 Å². The van der Waals surface area contributed by atoms with E-state index in [0.717, 1.165) is 0 Å². The summed E-state index contributed by atoms with van der Waals surface area (Å²) >= 11 is 6.77. The molecule has 2 aromatic rings. The molecule has 0 aliphatic heterocycles. The van der Waals surface area contributed by atoms with Crippen molar-refractivity contribution < 1.29 is 17.9 Å². The second-order valence-corrected chi connectivity index (χ2v) is 9.19. The van der Waals surface area contributed by atoms with Crippen molar-refractivity contribution in [1.82, 2.24) is 0 Å². The van der Waals surface area contributed by atoms with E-state index in [1.54, 1.807) is 42.5 Å². The van der Waals surface area contributed by atoms with Crippen molar-refractivity contribution in [3.05, 3.63) is 71.1 Å². The van der Waals surface area contributed by atoms with Crippen molar-refractivity contribution in [2.24, 2.45) is 4.99 Å². The zero-order valence-electron chi connectivity index (χ0n) is 15.8. The Morgan fingerprint density at radius 3 is 2.04 bits per heavy atom. The highest BCUT2D eigenvalue weighted by molar-refractivity contribution is 8.25. The van der Waals surface area contributed by atoms with E-state index in [4.69, 9.17) is 21.7 Å². The van der Waals surface area contributed by atoms with Crippen LogP contribution in [-0.2, 0) is 19.3 Å². The van der Waals surface area contributed by atoms with Crippen LogP contribution in [0.1, 0.15) is 12.5 Å². The number of thioether (sulfide) groups is 1. The third kappa shape index (κ3) is 5.21. The summed E-state index contributed by atoms with van der Waals surface area (Å²) in [7, 11) is -1.14. The second kappa shape index (κ2) is 10.4. The van der Waals surface area contributed by atoms with Gasteiger partial charge in [0.25, 0.3) is 0 Å². The molecule has 0 atom stereocenters. The lowest BCUT2D eigenvalue weighted by Gasteiger charge is -2.15. The van der Waals surface area contributed by atoms with E-state index in [1.165, 1.54) is 38.1 Å². The molecule has 0 aromatic heterocycles. The van der Waals surface area contributed by atoms with Crippen LogP contribution in [0.15, 0.2) is 75.5 Å². The average molecular weight is 436 g/mol. The van der Waals surface area contributed by atoms with Gasteiger partial charge in [-0.05, 0) is 17.9 Å². The lowest BCUT2D eigenvalue weighted by Crippen LogP contribution is -2.14. The fourth-order valence-electron chi connectivity index (χ4n) is 2.36. The minimum Gasteiger partial charge on any atom is -0.454 e. The quantitative estimate of drug-likeness (QED) is 0.287. The van der Waals surface area contributed by atoms with Gasteiger partial charge in [0.1, 0.15) is 4.91 Å². The van der Waals surface area contributed by atoms with Crippen LogP contribution in [-0.4, -0.2) is 38.7 Å². The maximum Gasteiger partial charge on any atom is 0.388 e. The van der Waals surface area contributed by atoms with Crippen LogP contribution in [0.3, 0.4) is 0 Å². The molecule has 0 spiro atoms. The molecular formula is C20H21NO4S3. The van der Waals surface area contributed by atoms with Gasteiger partial charge in [0.2, 0.25) is 9.84 Å². The largest absolute Gasteiger partial charge is 0.454 e. The molecule has 2 aromatic carbocycles. The highest BCUT2D eigenvalue weighted by atomic mass is 32.2. The van der Waals surface area contributed by atoms with Crippen molar-refractivity contribution in [3.8, 4) is 0 Å². The van der Waals surface area contributed by atoms with Crippen molar-refractivity contribution in [3.63, 3.8) is 0 Å². The van der Waals surface area contributed by atoms with Gasteiger partial charge in [-0.1, -0.05) is 67.7 Å². The van der Waals surface area contributed by atoms with Gasteiger partial charge in [-0.15, -0.1) is 11.8 Å². The monoisotopic (exact) mass is 435 g/mol. The number of aliphatic imine (C=N–C) groups is 1. The first kappa shape index (κ1) is 22.1. The molecule has 2 rings (SSSR count). The zero-order chi connectivity index (χ0) is 20.6. The number of hydrogen-bond donors (Lipinski definition) is 0. The number of methoxy groups -OCH3 is 2. The van der Waals surface area contributed by atoms with E-state index in [9.17, 15) is 8.42 Å². The first-order valence-corrected chi connectivity index (χ1v) is 11.3. The maximum atomic E-state index is 13.5. The number of rotatable bonds is 6. The van der Waals surface area contributed by atoms with Gasteiger partial charge in [-0.2, -0.15) is 4.99 Å². The standard InChI is InChI=1S/C20H21NO4S3/c1-4-27-19(26)18(28(22,23)16-13-9-6-10-14-16)17(21-20(24-2)25-3)15-11-7-5-8-12-15/h5-14H,4H2,1-3H3/b18-17+. The molecule has 0 heterocycles. The summed E-state index contributed by atoms with van der Waals surface area (Å²) < 4.78 is 37.5. The molecule has 0 saturated heterocycles. The Balaban J connectivity index is 2.89. The SMILES string of the molecule is CCSC(=S)/C(=C(\N=C(OC)OC)c1ccccc1)S(=O)(=O)c1ccccc1. The molecule has 5 nitrogen and oxygen atoms in total. The predicted molar refractivity (Wildman–Crippen MR) is 119 cm³/mol. The van der Waals surface area contributed by atoms with Crippen LogP contribution in [0.2, 0.25) is 0 Å². The van der Waals surface area contributed by atoms with E-state index < -0.39 is 9.84 Å². The van der Waals surface area contributed by atoms with Gasteiger partial charge in [0.05, 0.1) is 29.0 Å². The highest BCUT2D eigenvalue weighted by Crippen LogP contribution is 2.33. The smallest absolute Gasteiger partial charge is 0.388 e. The summed E-state index contributed by atoms with van der Waals surface area (Å²) in [6.07, 6.45) is -0.0658. The molecule has 28 heavy (non-hydrogen) atoms. The molecule has 0 radical (unpaired) electrons. The zero-order valence-corrected chi connectivity index (χ0v) is 18.2. The number of benzene rings is 2. The number of hydrogen-bond acceptors (Lipinski definition) is 7. The molecule has 0 N–H and O–H groups in total. The fraction of sp³-hybridized carbons (Fsp3) is 0.200. The summed E-state index contributed by atoms with van der Waals surface area (Å²) in [5, 5.41) is 0. The molecule has 0 bridgehead atoms. The van der Waals surface area contributed by atoms with Gasteiger partial charge in [-0.25, -0.2) is 8.42 Å². The Morgan fingerprint density at radius 2 is 1.54 bits per heavy atom. The molecule has 0 aliphatic carbocycles. The lowest BCUT2D eigenvalue weighted by molar-refractivity contribution is 0.243. The van der Waals surface area contributed by atoms with Gasteiger partial charge < -0.3 is 9.47 Å². The van der Waals surface area contributed by atoms with Crippen LogP contribution in [0.4, 0.5) is 0 Å². The van der Waals surface area contributed by atoms with Crippen LogP contribution < -0.4 is 0 Å². The Labute approximate surface area is 175 Å². The Hall–Kier alpha value is -2.16. The Kier molecular flexibility index (Phi) is 8.22. The molecule has 0 fully saturated rings. The number of nitrogens with zero attached hydrogens (tertiary/aromatic N) is 1. The summed E-state index contributed by atoms with van der Waals surface area (Å²) in [6.45, 7) is 1.91. The molecule has 148 valence electrons. The van der Waals surface area contributed by atoms with Gasteiger partial charge in [0, 0.05) is 5.56 Å². The predicted octanol–water partition coefficient (Wildman–Crippen LogP) is 4.56. The summed E-state index contributed by atoms with van der Waals surface area (Å²) in [4.78, 5) is 4.45. The minimum absolute atomic E-state index is 0.0432. The first-order chi connectivity index (χ1) is 13.5. The molecule has 0 unspecified atom stereocenters. The maximum absolute atomic E-state index is 13.5. The van der Waals surface area contributed by atoms with Crippen molar-refractivity contribution in [2.75, 3.05) is 20.0 Å². The minimum atomic E-state index is -3.93. The van der Waals surface area contributed by atoms with Crippen LogP contribution in [0, 0.1) is 0 Å². The van der Waals surface area contributed by atoms with Crippen LogP contribution in [0.25, 0.3) is 5.70 Å². The van der Waals surface area contributed by atoms with Crippen molar-refractivity contribution >= 4 is 49.8 Å². The van der Waals surface area contributed by atoms with Crippen LogP contribution >= 0.6 is 24.0 Å². The number of sulfone groups is 1. The van der Waals surface area contributed by atoms with Crippen LogP contribution in [0.5, 0.6) is 0 Å². The summed E-state index contributed by atoms with van der Waals surface area (Å²) in [5.74, 6) is 0.625. The van der Waals surface area contributed by atoms with Gasteiger partial charge in [0.15, 0.2) is 0 Å². The molecule has 0 saturated carbocycles.